The molecule has 2 aliphatic rings. The first-order valence-corrected chi connectivity index (χ1v) is 7.53. The van der Waals surface area contributed by atoms with E-state index in [2.05, 4.69) is 5.32 Å². The highest BCUT2D eigenvalue weighted by molar-refractivity contribution is 5.68. The fourth-order valence-corrected chi connectivity index (χ4v) is 2.78. The van der Waals surface area contributed by atoms with Gasteiger partial charge in [0.15, 0.2) is 0 Å². The van der Waals surface area contributed by atoms with Crippen molar-refractivity contribution in [1.29, 1.82) is 0 Å². The third kappa shape index (κ3) is 3.31. The number of amides is 1. The summed E-state index contributed by atoms with van der Waals surface area (Å²) in [6.45, 7) is 1.94. The molecule has 0 bridgehead atoms. The van der Waals surface area contributed by atoms with Crippen molar-refractivity contribution in [2.24, 2.45) is 0 Å². The molecule has 0 spiro atoms. The highest BCUT2D eigenvalue weighted by Crippen LogP contribution is 2.21. The molecule has 4 heteroatoms. The first-order valence-electron chi connectivity index (χ1n) is 7.53. The van der Waals surface area contributed by atoms with E-state index in [4.69, 9.17) is 4.74 Å². The van der Waals surface area contributed by atoms with E-state index in [9.17, 15) is 4.79 Å². The fourth-order valence-electron chi connectivity index (χ4n) is 2.78. The number of hydrogen-bond donors (Lipinski definition) is 1. The molecule has 1 N–H and O–H groups in total. The van der Waals surface area contributed by atoms with Crippen molar-refractivity contribution in [1.82, 2.24) is 10.2 Å². The Bertz CT molecular complexity index is 445. The molecule has 1 aliphatic heterocycles. The maximum atomic E-state index is 12.0. The van der Waals surface area contributed by atoms with Gasteiger partial charge in [0.2, 0.25) is 0 Å². The molecule has 1 aliphatic carbocycles. The number of likely N-dealkylation sites (tertiary alicyclic amines) is 1. The number of carbonyl (C=O) groups is 1. The molecule has 1 heterocycles. The van der Waals surface area contributed by atoms with E-state index in [1.54, 1.807) is 0 Å². The van der Waals surface area contributed by atoms with Crippen LogP contribution in [0.1, 0.15) is 31.2 Å². The van der Waals surface area contributed by atoms with Gasteiger partial charge in [-0.05, 0) is 24.8 Å². The predicted molar refractivity (Wildman–Crippen MR) is 77.4 cm³/mol. The Labute approximate surface area is 120 Å². The van der Waals surface area contributed by atoms with E-state index in [0.29, 0.717) is 18.7 Å². The van der Waals surface area contributed by atoms with Crippen molar-refractivity contribution in [3.05, 3.63) is 35.9 Å². The molecule has 1 amide bonds. The summed E-state index contributed by atoms with van der Waals surface area (Å²) in [5.41, 5.74) is 1.03. The molecule has 1 aromatic carbocycles. The SMILES string of the molecule is O=C(OCc1ccccc1)N1CC[C@H](NC2CCC2)C1. The van der Waals surface area contributed by atoms with Crippen LogP contribution in [0.15, 0.2) is 30.3 Å². The Morgan fingerprint density at radius 1 is 1.20 bits per heavy atom. The van der Waals surface area contributed by atoms with Gasteiger partial charge in [-0.1, -0.05) is 36.8 Å². The molecule has 0 unspecified atom stereocenters. The summed E-state index contributed by atoms with van der Waals surface area (Å²) in [5.74, 6) is 0. The maximum absolute atomic E-state index is 12.0. The number of nitrogens with one attached hydrogen (secondary N) is 1. The molecule has 1 aromatic rings. The van der Waals surface area contributed by atoms with Crippen LogP contribution in [-0.2, 0) is 11.3 Å². The number of nitrogens with zero attached hydrogens (tertiary/aromatic N) is 1. The van der Waals surface area contributed by atoms with Crippen LogP contribution >= 0.6 is 0 Å². The topological polar surface area (TPSA) is 41.6 Å². The monoisotopic (exact) mass is 274 g/mol. The van der Waals surface area contributed by atoms with Crippen molar-refractivity contribution in [2.75, 3.05) is 13.1 Å². The largest absolute Gasteiger partial charge is 0.445 e. The zero-order chi connectivity index (χ0) is 13.8. The van der Waals surface area contributed by atoms with Crippen LogP contribution in [0.25, 0.3) is 0 Å². The second-order valence-corrected chi connectivity index (χ2v) is 5.77. The lowest BCUT2D eigenvalue weighted by Crippen LogP contribution is -2.44. The van der Waals surface area contributed by atoms with Crippen LogP contribution < -0.4 is 5.32 Å². The van der Waals surface area contributed by atoms with Gasteiger partial charge in [0.1, 0.15) is 6.61 Å². The minimum atomic E-state index is -0.188. The van der Waals surface area contributed by atoms with Crippen molar-refractivity contribution >= 4 is 6.09 Å². The fraction of sp³-hybridized carbons (Fsp3) is 0.562. The molecule has 1 saturated heterocycles. The molecule has 2 fully saturated rings. The molecule has 20 heavy (non-hydrogen) atoms. The zero-order valence-corrected chi connectivity index (χ0v) is 11.8. The van der Waals surface area contributed by atoms with Gasteiger partial charge in [-0.2, -0.15) is 0 Å². The van der Waals surface area contributed by atoms with Crippen LogP contribution in [0.5, 0.6) is 0 Å². The normalized spacial score (nSPS) is 22.6. The molecule has 1 atom stereocenters. The smallest absolute Gasteiger partial charge is 0.410 e. The first kappa shape index (κ1) is 13.4. The molecular formula is C16H22N2O2. The summed E-state index contributed by atoms with van der Waals surface area (Å²) in [5, 5.41) is 3.62. The Balaban J connectivity index is 1.41. The minimum absolute atomic E-state index is 0.188. The van der Waals surface area contributed by atoms with Crippen LogP contribution in [-0.4, -0.2) is 36.2 Å². The third-order valence-electron chi connectivity index (χ3n) is 4.23. The molecular weight excluding hydrogens is 252 g/mol. The number of carbonyl (C=O) groups excluding carboxylic acids is 1. The maximum Gasteiger partial charge on any atom is 0.410 e. The molecule has 1 saturated carbocycles. The summed E-state index contributed by atoms with van der Waals surface area (Å²) in [4.78, 5) is 13.8. The summed E-state index contributed by atoms with van der Waals surface area (Å²) in [7, 11) is 0. The molecule has 4 nitrogen and oxygen atoms in total. The highest BCUT2D eigenvalue weighted by Gasteiger charge is 2.30. The van der Waals surface area contributed by atoms with Gasteiger partial charge >= 0.3 is 6.09 Å². The Morgan fingerprint density at radius 3 is 2.70 bits per heavy atom. The lowest BCUT2D eigenvalue weighted by Gasteiger charge is -2.29. The van der Waals surface area contributed by atoms with E-state index in [1.807, 2.05) is 35.2 Å². The van der Waals surface area contributed by atoms with Gasteiger partial charge in [-0.25, -0.2) is 4.79 Å². The lowest BCUT2D eigenvalue weighted by molar-refractivity contribution is 0.103. The number of benzene rings is 1. The standard InChI is InChI=1S/C16H22N2O2/c19-16(20-12-13-5-2-1-3-6-13)18-10-9-15(11-18)17-14-7-4-8-14/h1-3,5-6,14-15,17H,4,7-12H2/t15-/m0/s1. The van der Waals surface area contributed by atoms with Gasteiger partial charge < -0.3 is 15.0 Å². The Morgan fingerprint density at radius 2 is 2.00 bits per heavy atom. The van der Waals surface area contributed by atoms with Gasteiger partial charge in [0.25, 0.3) is 0 Å². The molecule has 3 rings (SSSR count). The van der Waals surface area contributed by atoms with Gasteiger partial charge in [-0.15, -0.1) is 0 Å². The lowest BCUT2D eigenvalue weighted by atomic mass is 9.92. The van der Waals surface area contributed by atoms with Crippen LogP contribution in [0.2, 0.25) is 0 Å². The minimum Gasteiger partial charge on any atom is -0.445 e. The Kier molecular flexibility index (Phi) is 4.21. The van der Waals surface area contributed by atoms with Crippen molar-refractivity contribution in [3.8, 4) is 0 Å². The van der Waals surface area contributed by atoms with E-state index < -0.39 is 0 Å². The van der Waals surface area contributed by atoms with Crippen LogP contribution in [0.3, 0.4) is 0 Å². The second kappa shape index (κ2) is 6.27. The number of ether oxygens (including phenoxy) is 1. The van der Waals surface area contributed by atoms with Crippen molar-refractivity contribution in [3.63, 3.8) is 0 Å². The molecule has 108 valence electrons. The molecule has 0 aromatic heterocycles. The predicted octanol–water partition coefficient (Wildman–Crippen LogP) is 2.54. The summed E-state index contributed by atoms with van der Waals surface area (Å²) < 4.78 is 5.36. The average Bonchev–Trinajstić information content (AvgIpc) is 2.90. The summed E-state index contributed by atoms with van der Waals surface area (Å²) in [6, 6.07) is 10.9. The number of hydrogen-bond acceptors (Lipinski definition) is 3. The molecule has 0 radical (unpaired) electrons. The average molecular weight is 274 g/mol. The van der Waals surface area contributed by atoms with E-state index >= 15 is 0 Å². The van der Waals surface area contributed by atoms with Crippen LogP contribution in [0, 0.1) is 0 Å². The Hall–Kier alpha value is -1.55. The second-order valence-electron chi connectivity index (χ2n) is 5.77. The van der Waals surface area contributed by atoms with Crippen molar-refractivity contribution < 1.29 is 9.53 Å². The highest BCUT2D eigenvalue weighted by atomic mass is 16.6. The van der Waals surface area contributed by atoms with E-state index in [1.165, 1.54) is 19.3 Å². The zero-order valence-electron chi connectivity index (χ0n) is 11.8. The van der Waals surface area contributed by atoms with E-state index in [0.717, 1.165) is 25.1 Å². The van der Waals surface area contributed by atoms with Gasteiger partial charge in [0, 0.05) is 25.2 Å². The van der Waals surface area contributed by atoms with Gasteiger partial charge in [0.05, 0.1) is 0 Å². The summed E-state index contributed by atoms with van der Waals surface area (Å²) >= 11 is 0. The van der Waals surface area contributed by atoms with E-state index in [-0.39, 0.29) is 6.09 Å². The third-order valence-corrected chi connectivity index (χ3v) is 4.23. The summed E-state index contributed by atoms with van der Waals surface area (Å²) in [6.07, 6.45) is 4.76. The van der Waals surface area contributed by atoms with Crippen molar-refractivity contribution in [2.45, 2.75) is 44.4 Å². The number of rotatable bonds is 4. The quantitative estimate of drug-likeness (QED) is 0.917. The van der Waals surface area contributed by atoms with Crippen LogP contribution in [0.4, 0.5) is 4.79 Å². The first-order chi connectivity index (χ1) is 9.81. The van der Waals surface area contributed by atoms with Gasteiger partial charge in [-0.3, -0.25) is 0 Å².